The quantitative estimate of drug-likeness (QED) is 0.666. The third kappa shape index (κ3) is 4.80. The number of carbonyl (C=O) groups is 1. The lowest BCUT2D eigenvalue weighted by Gasteiger charge is -2.31. The molecule has 0 aliphatic carbocycles. The Labute approximate surface area is 171 Å². The van der Waals surface area contributed by atoms with Gasteiger partial charge in [0.15, 0.2) is 11.5 Å². The van der Waals surface area contributed by atoms with Gasteiger partial charge in [-0.1, -0.05) is 12.1 Å². The minimum atomic E-state index is 0.156. The predicted molar refractivity (Wildman–Crippen MR) is 113 cm³/mol. The van der Waals surface area contributed by atoms with Crippen molar-refractivity contribution in [1.29, 1.82) is 0 Å². The second-order valence-electron chi connectivity index (χ2n) is 7.06. The fourth-order valence-corrected chi connectivity index (χ4v) is 3.93. The summed E-state index contributed by atoms with van der Waals surface area (Å²) in [6, 6.07) is 12.5. The molecule has 3 rings (SSSR count). The highest BCUT2D eigenvalue weighted by molar-refractivity contribution is 7.98. The Bertz CT molecular complexity index is 823. The van der Waals surface area contributed by atoms with E-state index >= 15 is 0 Å². The molecule has 0 unspecified atom stereocenters. The molecule has 150 valence electrons. The number of likely N-dealkylation sites (N-methyl/N-ethyl adjacent to an activating group) is 1. The van der Waals surface area contributed by atoms with E-state index in [2.05, 4.69) is 35.4 Å². The van der Waals surface area contributed by atoms with Crippen molar-refractivity contribution < 1.29 is 14.3 Å². The molecule has 6 heteroatoms. The van der Waals surface area contributed by atoms with Crippen LogP contribution in [0.2, 0.25) is 0 Å². The lowest BCUT2D eigenvalue weighted by Crippen LogP contribution is -2.41. The fourth-order valence-electron chi connectivity index (χ4n) is 3.53. The van der Waals surface area contributed by atoms with Crippen LogP contribution in [0, 0.1) is 0 Å². The van der Waals surface area contributed by atoms with Crippen molar-refractivity contribution in [2.75, 3.05) is 40.6 Å². The van der Waals surface area contributed by atoms with Gasteiger partial charge in [-0.25, -0.2) is 0 Å². The normalized spacial score (nSPS) is 13.4. The maximum atomic E-state index is 12.8. The smallest absolute Gasteiger partial charge is 0.237 e. The van der Waals surface area contributed by atoms with E-state index in [0.29, 0.717) is 18.8 Å². The van der Waals surface area contributed by atoms with Crippen LogP contribution >= 0.6 is 11.8 Å². The standard InChI is InChI=1S/C22H28N2O3S/c1-23(13-16-5-7-19(28-4)8-6-16)15-22(25)24-10-9-17-11-20(26-2)21(27-3)12-18(17)14-24/h5-8,11-12H,9-10,13-15H2,1-4H3. The number of carbonyl (C=O) groups excluding carboxylic acids is 1. The second-order valence-corrected chi connectivity index (χ2v) is 7.94. The molecule has 1 amide bonds. The van der Waals surface area contributed by atoms with Gasteiger partial charge in [-0.15, -0.1) is 11.8 Å². The summed E-state index contributed by atoms with van der Waals surface area (Å²) in [6.45, 7) is 2.52. The Hall–Kier alpha value is -2.18. The number of fused-ring (bicyclic) bond motifs is 1. The monoisotopic (exact) mass is 400 g/mol. The first-order chi connectivity index (χ1) is 13.5. The van der Waals surface area contributed by atoms with Gasteiger partial charge in [0.05, 0.1) is 20.8 Å². The Morgan fingerprint density at radius 3 is 2.36 bits per heavy atom. The van der Waals surface area contributed by atoms with Gasteiger partial charge in [-0.2, -0.15) is 0 Å². The molecule has 0 N–H and O–H groups in total. The van der Waals surface area contributed by atoms with Crippen molar-refractivity contribution in [2.24, 2.45) is 0 Å². The molecule has 1 aliphatic rings. The van der Waals surface area contributed by atoms with Crippen molar-refractivity contribution in [1.82, 2.24) is 9.80 Å². The van der Waals surface area contributed by atoms with E-state index in [4.69, 9.17) is 9.47 Å². The number of hydrogen-bond acceptors (Lipinski definition) is 5. The SMILES string of the molecule is COc1cc2c(cc1OC)CN(C(=O)CN(C)Cc1ccc(SC)cc1)CC2. The van der Waals surface area contributed by atoms with E-state index in [1.54, 1.807) is 26.0 Å². The summed E-state index contributed by atoms with van der Waals surface area (Å²) in [5, 5.41) is 0. The third-order valence-corrected chi connectivity index (χ3v) is 5.83. The largest absolute Gasteiger partial charge is 0.493 e. The van der Waals surface area contributed by atoms with E-state index < -0.39 is 0 Å². The highest BCUT2D eigenvalue weighted by atomic mass is 32.2. The van der Waals surface area contributed by atoms with Gasteiger partial charge in [-0.3, -0.25) is 9.69 Å². The lowest BCUT2D eigenvalue weighted by atomic mass is 9.98. The van der Waals surface area contributed by atoms with E-state index in [-0.39, 0.29) is 5.91 Å². The maximum Gasteiger partial charge on any atom is 0.237 e. The average Bonchev–Trinajstić information content (AvgIpc) is 2.72. The zero-order chi connectivity index (χ0) is 20.1. The minimum absolute atomic E-state index is 0.156. The number of amides is 1. The number of methoxy groups -OCH3 is 2. The van der Waals surface area contributed by atoms with Gasteiger partial charge >= 0.3 is 0 Å². The van der Waals surface area contributed by atoms with Gasteiger partial charge in [-0.05, 0) is 60.7 Å². The molecule has 0 spiro atoms. The summed E-state index contributed by atoms with van der Waals surface area (Å²) in [5.74, 6) is 1.61. The first-order valence-electron chi connectivity index (χ1n) is 9.37. The highest BCUT2D eigenvalue weighted by Gasteiger charge is 2.23. The number of nitrogens with zero attached hydrogens (tertiary/aromatic N) is 2. The Kier molecular flexibility index (Phi) is 6.86. The first-order valence-corrected chi connectivity index (χ1v) is 10.6. The number of ether oxygens (including phenoxy) is 2. The summed E-state index contributed by atoms with van der Waals surface area (Å²) >= 11 is 1.73. The van der Waals surface area contributed by atoms with Gasteiger partial charge in [0, 0.05) is 24.5 Å². The van der Waals surface area contributed by atoms with Crippen LogP contribution in [0.3, 0.4) is 0 Å². The van der Waals surface area contributed by atoms with E-state index in [0.717, 1.165) is 30.8 Å². The third-order valence-electron chi connectivity index (χ3n) is 5.09. The van der Waals surface area contributed by atoms with Gasteiger partial charge in [0.25, 0.3) is 0 Å². The molecule has 0 atom stereocenters. The fraction of sp³-hybridized carbons (Fsp3) is 0.409. The Morgan fingerprint density at radius 1 is 1.11 bits per heavy atom. The number of thioether (sulfide) groups is 1. The molecule has 0 bridgehead atoms. The molecule has 0 saturated carbocycles. The average molecular weight is 401 g/mol. The van der Waals surface area contributed by atoms with Crippen molar-refractivity contribution in [3.05, 3.63) is 53.1 Å². The van der Waals surface area contributed by atoms with Crippen LogP contribution in [-0.2, 0) is 24.3 Å². The minimum Gasteiger partial charge on any atom is -0.493 e. The molecular weight excluding hydrogens is 372 g/mol. The van der Waals surface area contributed by atoms with Crippen LogP contribution < -0.4 is 9.47 Å². The van der Waals surface area contributed by atoms with Crippen LogP contribution in [-0.4, -0.2) is 56.3 Å². The van der Waals surface area contributed by atoms with Gasteiger partial charge in [0.1, 0.15) is 0 Å². The molecule has 2 aromatic carbocycles. The van der Waals surface area contributed by atoms with Crippen molar-refractivity contribution in [2.45, 2.75) is 24.4 Å². The topological polar surface area (TPSA) is 42.0 Å². The molecule has 28 heavy (non-hydrogen) atoms. The van der Waals surface area contributed by atoms with Gasteiger partial charge < -0.3 is 14.4 Å². The summed E-state index contributed by atoms with van der Waals surface area (Å²) in [6.07, 6.45) is 2.91. The zero-order valence-electron chi connectivity index (χ0n) is 17.0. The molecule has 0 saturated heterocycles. The lowest BCUT2D eigenvalue weighted by molar-refractivity contribution is -0.133. The number of hydrogen-bond donors (Lipinski definition) is 0. The molecule has 2 aromatic rings. The van der Waals surface area contributed by atoms with Crippen molar-refractivity contribution in [3.8, 4) is 11.5 Å². The maximum absolute atomic E-state index is 12.8. The number of rotatable bonds is 7. The Morgan fingerprint density at radius 2 is 1.75 bits per heavy atom. The van der Waals surface area contributed by atoms with Gasteiger partial charge in [0.2, 0.25) is 5.91 Å². The van der Waals surface area contributed by atoms with E-state index in [9.17, 15) is 4.79 Å². The molecule has 0 aromatic heterocycles. The summed E-state index contributed by atoms with van der Waals surface area (Å²) in [5.41, 5.74) is 3.57. The molecule has 1 heterocycles. The second kappa shape index (κ2) is 9.34. The first kappa shape index (κ1) is 20.6. The molecule has 1 aliphatic heterocycles. The molecule has 0 radical (unpaired) electrons. The summed E-state index contributed by atoms with van der Waals surface area (Å²) < 4.78 is 10.8. The van der Waals surface area contributed by atoms with Crippen molar-refractivity contribution >= 4 is 17.7 Å². The van der Waals surface area contributed by atoms with Crippen molar-refractivity contribution in [3.63, 3.8) is 0 Å². The molecule has 0 fully saturated rings. The Balaban J connectivity index is 1.60. The number of benzene rings is 2. The zero-order valence-corrected chi connectivity index (χ0v) is 17.8. The van der Waals surface area contributed by atoms with Crippen LogP contribution in [0.4, 0.5) is 0 Å². The summed E-state index contributed by atoms with van der Waals surface area (Å²) in [7, 11) is 5.27. The predicted octanol–water partition coefficient (Wildman–Crippen LogP) is 3.44. The van der Waals surface area contributed by atoms with Crippen LogP contribution in [0.25, 0.3) is 0 Å². The molecular formula is C22H28N2O3S. The van der Waals surface area contributed by atoms with Crippen LogP contribution in [0.5, 0.6) is 11.5 Å². The molecule has 5 nitrogen and oxygen atoms in total. The van der Waals surface area contributed by atoms with Crippen LogP contribution in [0.15, 0.2) is 41.3 Å². The summed E-state index contributed by atoms with van der Waals surface area (Å²) in [4.78, 5) is 18.1. The van der Waals surface area contributed by atoms with Crippen LogP contribution in [0.1, 0.15) is 16.7 Å². The van der Waals surface area contributed by atoms with E-state index in [1.807, 2.05) is 24.1 Å². The highest BCUT2D eigenvalue weighted by Crippen LogP contribution is 2.33. The van der Waals surface area contributed by atoms with E-state index in [1.165, 1.54) is 16.0 Å².